The molecule has 0 atom stereocenters. The van der Waals surface area contributed by atoms with Crippen molar-refractivity contribution in [2.24, 2.45) is 0 Å². The second kappa shape index (κ2) is 5.14. The lowest BCUT2D eigenvalue weighted by molar-refractivity contribution is 0.103. The third kappa shape index (κ3) is 2.59. The predicted molar refractivity (Wildman–Crippen MR) is 73.6 cm³/mol. The van der Waals surface area contributed by atoms with E-state index in [1.807, 2.05) is 25.9 Å². The third-order valence-corrected chi connectivity index (χ3v) is 2.77. The Hall–Kier alpha value is -2.30. The van der Waals surface area contributed by atoms with E-state index in [2.05, 4.69) is 4.98 Å². The number of carbonyl (C=O) groups is 1. The highest BCUT2D eigenvalue weighted by molar-refractivity contribution is 6.04. The maximum Gasteiger partial charge on any atom is 0.205 e. The molecule has 2 aromatic heterocycles. The summed E-state index contributed by atoms with van der Waals surface area (Å²) < 4.78 is 6.93. The summed E-state index contributed by atoms with van der Waals surface area (Å²) in [5.74, 6) is 0.657. The number of hydrogen-bond acceptors (Lipinski definition) is 4. The number of imidazole rings is 1. The van der Waals surface area contributed by atoms with Crippen LogP contribution in [0.2, 0.25) is 0 Å². The summed E-state index contributed by atoms with van der Waals surface area (Å²) in [7, 11) is 5.35. The molecule has 0 saturated heterocycles. The maximum absolute atomic E-state index is 12.2. The Morgan fingerprint density at radius 3 is 2.84 bits per heavy atom. The minimum atomic E-state index is -0.0659. The topological polar surface area (TPSA) is 46.8 Å². The summed E-state index contributed by atoms with van der Waals surface area (Å²) >= 11 is 0. The van der Waals surface area contributed by atoms with Crippen LogP contribution in [-0.4, -0.2) is 41.3 Å². The molecule has 2 aromatic rings. The first-order chi connectivity index (χ1) is 9.02. The highest BCUT2D eigenvalue weighted by Crippen LogP contribution is 2.18. The number of allylic oxidation sites excluding steroid dienone is 1. The van der Waals surface area contributed by atoms with E-state index in [0.29, 0.717) is 17.0 Å². The minimum Gasteiger partial charge on any atom is -0.497 e. The van der Waals surface area contributed by atoms with Gasteiger partial charge in [-0.1, -0.05) is 0 Å². The Labute approximate surface area is 112 Å². The van der Waals surface area contributed by atoms with Crippen molar-refractivity contribution >= 4 is 11.4 Å². The fourth-order valence-electron chi connectivity index (χ4n) is 1.86. The second-order valence-corrected chi connectivity index (χ2v) is 4.48. The van der Waals surface area contributed by atoms with Gasteiger partial charge in [0.15, 0.2) is 0 Å². The summed E-state index contributed by atoms with van der Waals surface area (Å²) in [5.41, 5.74) is 2.00. The zero-order chi connectivity index (χ0) is 14.0. The maximum atomic E-state index is 12.2. The molecule has 100 valence electrons. The molecule has 0 aliphatic rings. The predicted octanol–water partition coefficient (Wildman–Crippen LogP) is 1.91. The molecule has 0 aliphatic carbocycles. The van der Waals surface area contributed by atoms with E-state index in [0.717, 1.165) is 5.75 Å². The number of ether oxygens (including phenoxy) is 1. The Morgan fingerprint density at radius 1 is 1.47 bits per heavy atom. The van der Waals surface area contributed by atoms with Crippen molar-refractivity contribution in [3.8, 4) is 5.75 Å². The summed E-state index contributed by atoms with van der Waals surface area (Å²) in [6, 6.07) is 3.61. The lowest BCUT2D eigenvalue weighted by Gasteiger charge is -2.04. The summed E-state index contributed by atoms with van der Waals surface area (Å²) in [4.78, 5) is 18.4. The van der Waals surface area contributed by atoms with E-state index in [-0.39, 0.29) is 5.78 Å². The number of pyridine rings is 1. The average Bonchev–Trinajstić information content (AvgIpc) is 2.70. The summed E-state index contributed by atoms with van der Waals surface area (Å²) in [6.45, 7) is 1.83. The number of hydrogen-bond donors (Lipinski definition) is 0. The van der Waals surface area contributed by atoms with Gasteiger partial charge in [-0.05, 0) is 13.0 Å². The second-order valence-electron chi connectivity index (χ2n) is 4.48. The van der Waals surface area contributed by atoms with Crippen LogP contribution in [0.4, 0.5) is 0 Å². The molecule has 0 spiro atoms. The van der Waals surface area contributed by atoms with Gasteiger partial charge >= 0.3 is 0 Å². The zero-order valence-corrected chi connectivity index (χ0v) is 11.5. The quantitative estimate of drug-likeness (QED) is 0.621. The van der Waals surface area contributed by atoms with Crippen LogP contribution in [0, 0.1) is 6.92 Å². The molecule has 0 saturated carbocycles. The minimum absolute atomic E-state index is 0.0659. The van der Waals surface area contributed by atoms with Gasteiger partial charge in [-0.3, -0.25) is 9.20 Å². The third-order valence-electron chi connectivity index (χ3n) is 2.77. The lowest BCUT2D eigenvalue weighted by Crippen LogP contribution is -2.06. The van der Waals surface area contributed by atoms with Gasteiger partial charge < -0.3 is 9.64 Å². The van der Waals surface area contributed by atoms with E-state index in [1.54, 1.807) is 42.1 Å². The highest BCUT2D eigenvalue weighted by Gasteiger charge is 2.14. The number of nitrogens with zero attached hydrogens (tertiary/aromatic N) is 3. The van der Waals surface area contributed by atoms with Gasteiger partial charge in [0, 0.05) is 38.6 Å². The molecular weight excluding hydrogens is 242 g/mol. The molecule has 19 heavy (non-hydrogen) atoms. The highest BCUT2D eigenvalue weighted by atomic mass is 16.5. The fourth-order valence-corrected chi connectivity index (χ4v) is 1.86. The van der Waals surface area contributed by atoms with Crippen molar-refractivity contribution in [3.63, 3.8) is 0 Å². The van der Waals surface area contributed by atoms with Crippen molar-refractivity contribution in [2.45, 2.75) is 6.92 Å². The lowest BCUT2D eigenvalue weighted by atomic mass is 10.2. The van der Waals surface area contributed by atoms with E-state index in [9.17, 15) is 4.79 Å². The number of carbonyl (C=O) groups excluding carboxylic acids is 1. The van der Waals surface area contributed by atoms with Crippen molar-refractivity contribution in [2.75, 3.05) is 21.2 Å². The van der Waals surface area contributed by atoms with E-state index >= 15 is 0 Å². The zero-order valence-electron chi connectivity index (χ0n) is 11.5. The Bertz CT molecular complexity index is 641. The summed E-state index contributed by atoms with van der Waals surface area (Å²) in [5, 5.41) is 0. The van der Waals surface area contributed by atoms with Gasteiger partial charge in [-0.2, -0.15) is 0 Å². The largest absolute Gasteiger partial charge is 0.497 e. The fraction of sp³-hybridized carbons (Fsp3) is 0.286. The van der Waals surface area contributed by atoms with Crippen LogP contribution in [0.3, 0.4) is 0 Å². The number of aryl methyl sites for hydroxylation is 1. The monoisotopic (exact) mass is 259 g/mol. The SMILES string of the molecule is COc1ccn2c(C(=O)C=CN(C)C)c(C)nc2c1. The van der Waals surface area contributed by atoms with Gasteiger partial charge in [0.25, 0.3) is 0 Å². The molecule has 2 heterocycles. The van der Waals surface area contributed by atoms with Crippen LogP contribution >= 0.6 is 0 Å². The normalized spacial score (nSPS) is 11.2. The molecule has 0 radical (unpaired) electrons. The molecule has 0 fully saturated rings. The molecule has 0 amide bonds. The molecule has 5 nitrogen and oxygen atoms in total. The first-order valence-electron chi connectivity index (χ1n) is 5.94. The standard InChI is InChI=1S/C14H17N3O2/c1-10-14(12(18)6-7-16(2)3)17-8-5-11(19-4)9-13(17)15-10/h5-9H,1-4H3. The Morgan fingerprint density at radius 2 is 2.21 bits per heavy atom. The number of methoxy groups -OCH3 is 1. The van der Waals surface area contributed by atoms with E-state index in [1.165, 1.54) is 0 Å². The molecule has 2 rings (SSSR count). The van der Waals surface area contributed by atoms with Gasteiger partial charge in [-0.15, -0.1) is 0 Å². The van der Waals surface area contributed by atoms with Crippen LogP contribution < -0.4 is 4.74 Å². The molecule has 0 N–H and O–H groups in total. The van der Waals surface area contributed by atoms with E-state index < -0.39 is 0 Å². The molecule has 5 heteroatoms. The van der Waals surface area contributed by atoms with Crippen LogP contribution in [0.1, 0.15) is 16.2 Å². The Kier molecular flexibility index (Phi) is 3.55. The number of fused-ring (bicyclic) bond motifs is 1. The molecule has 0 aromatic carbocycles. The van der Waals surface area contributed by atoms with Crippen molar-refractivity contribution in [1.82, 2.24) is 14.3 Å². The molecular formula is C14H17N3O2. The first kappa shape index (κ1) is 13.1. The van der Waals surface area contributed by atoms with Crippen LogP contribution in [-0.2, 0) is 0 Å². The summed E-state index contributed by atoms with van der Waals surface area (Å²) in [6.07, 6.45) is 5.07. The van der Waals surface area contributed by atoms with Crippen molar-refractivity contribution in [3.05, 3.63) is 42.0 Å². The number of aromatic nitrogens is 2. The van der Waals surface area contributed by atoms with Gasteiger partial charge in [0.1, 0.15) is 17.1 Å². The smallest absolute Gasteiger partial charge is 0.205 e. The number of ketones is 1. The van der Waals surface area contributed by atoms with Gasteiger partial charge in [-0.25, -0.2) is 4.98 Å². The average molecular weight is 259 g/mol. The number of rotatable bonds is 4. The molecule has 0 aliphatic heterocycles. The van der Waals surface area contributed by atoms with Gasteiger partial charge in [0.2, 0.25) is 5.78 Å². The van der Waals surface area contributed by atoms with E-state index in [4.69, 9.17) is 4.74 Å². The first-order valence-corrected chi connectivity index (χ1v) is 5.94. The van der Waals surface area contributed by atoms with Crippen LogP contribution in [0.25, 0.3) is 5.65 Å². The van der Waals surface area contributed by atoms with Crippen LogP contribution in [0.5, 0.6) is 5.75 Å². The molecule has 0 bridgehead atoms. The Balaban J connectivity index is 2.48. The van der Waals surface area contributed by atoms with Gasteiger partial charge in [0.05, 0.1) is 12.8 Å². The van der Waals surface area contributed by atoms with Crippen molar-refractivity contribution in [1.29, 1.82) is 0 Å². The van der Waals surface area contributed by atoms with Crippen molar-refractivity contribution < 1.29 is 9.53 Å². The van der Waals surface area contributed by atoms with Crippen LogP contribution in [0.15, 0.2) is 30.6 Å². The molecule has 0 unspecified atom stereocenters.